The smallest absolute Gasteiger partial charge is 0.410 e. The average molecular weight is 801 g/mol. The molecule has 0 unspecified atom stereocenters. The predicted molar refractivity (Wildman–Crippen MR) is 233 cm³/mol. The van der Waals surface area contributed by atoms with Crippen molar-refractivity contribution in [1.82, 2.24) is 14.9 Å². The maximum absolute atomic E-state index is 14.3. The standard InChI is InChI=1S/C48H44N6O6/c1-29-22-34(23-30(2)43(29)51-45(55)41-26-36(27-49-41)54(58)59)48(18-20-53(21-19-48)47(57)60-28-33-12-6-5-7-13-33)35-24-31(3)44(32(4)25-35)52-46(56)42-37-14-8-10-16-39(37)50-40-17-11-9-15-38(40)42/h5-17,22-27,49H,18-21,28H2,1-4H3,(H,51,55)(H,52,56). The number of rotatable bonds is 9. The molecule has 2 aromatic heterocycles. The Morgan fingerprint density at radius 2 is 1.23 bits per heavy atom. The van der Waals surface area contributed by atoms with Gasteiger partial charge in [0, 0.05) is 46.7 Å². The number of nitrogens with zero attached hydrogens (tertiary/aromatic N) is 3. The largest absolute Gasteiger partial charge is 0.445 e. The van der Waals surface area contributed by atoms with Crippen LogP contribution in [0.5, 0.6) is 0 Å². The molecule has 0 saturated carbocycles. The molecule has 0 radical (unpaired) electrons. The first-order valence-electron chi connectivity index (χ1n) is 19.8. The second-order valence-corrected chi connectivity index (χ2v) is 15.5. The van der Waals surface area contributed by atoms with Crippen LogP contribution in [0.1, 0.15) is 72.6 Å². The maximum atomic E-state index is 14.3. The van der Waals surface area contributed by atoms with E-state index in [9.17, 15) is 24.5 Å². The van der Waals surface area contributed by atoms with Gasteiger partial charge >= 0.3 is 6.09 Å². The van der Waals surface area contributed by atoms with Crippen LogP contribution in [0.2, 0.25) is 0 Å². The zero-order valence-electron chi connectivity index (χ0n) is 33.8. The predicted octanol–water partition coefficient (Wildman–Crippen LogP) is 10.1. The number of likely N-dealkylation sites (tertiary alicyclic amines) is 1. The molecule has 3 heterocycles. The van der Waals surface area contributed by atoms with Crippen molar-refractivity contribution in [3.8, 4) is 0 Å². The average Bonchev–Trinajstić information content (AvgIpc) is 3.76. The normalized spacial score (nSPS) is 13.6. The van der Waals surface area contributed by atoms with Crippen LogP contribution in [0.25, 0.3) is 21.8 Å². The molecule has 0 aliphatic carbocycles. The molecule has 302 valence electrons. The number of hydrogen-bond acceptors (Lipinski definition) is 7. The summed E-state index contributed by atoms with van der Waals surface area (Å²) in [5.74, 6) is -0.714. The van der Waals surface area contributed by atoms with Crippen molar-refractivity contribution >= 4 is 56.8 Å². The Labute approximate surface area is 346 Å². The number of anilines is 2. The minimum Gasteiger partial charge on any atom is -0.445 e. The number of aryl methyl sites for hydroxylation is 4. The maximum Gasteiger partial charge on any atom is 0.410 e. The van der Waals surface area contributed by atoms with Gasteiger partial charge in [-0.2, -0.15) is 0 Å². The molecule has 1 aliphatic heterocycles. The first-order chi connectivity index (χ1) is 28.9. The Bertz CT molecular complexity index is 2720. The minimum absolute atomic E-state index is 0.0796. The van der Waals surface area contributed by atoms with Crippen LogP contribution in [0.3, 0.4) is 0 Å². The van der Waals surface area contributed by atoms with Crippen molar-refractivity contribution in [3.05, 3.63) is 176 Å². The molecule has 60 heavy (non-hydrogen) atoms. The number of nitro groups is 1. The molecular weight excluding hydrogens is 757 g/mol. The molecular formula is C48H44N6O6. The van der Waals surface area contributed by atoms with Crippen LogP contribution in [0.4, 0.5) is 21.9 Å². The molecule has 1 saturated heterocycles. The van der Waals surface area contributed by atoms with Crippen molar-refractivity contribution in [2.75, 3.05) is 23.7 Å². The van der Waals surface area contributed by atoms with Crippen LogP contribution in [0.15, 0.2) is 115 Å². The second kappa shape index (κ2) is 16.1. The molecule has 3 N–H and O–H groups in total. The number of H-pyrrole nitrogens is 1. The van der Waals surface area contributed by atoms with E-state index in [1.807, 2.05) is 107 Å². The number of ether oxygens (including phenoxy) is 1. The van der Waals surface area contributed by atoms with E-state index < -0.39 is 16.2 Å². The summed E-state index contributed by atoms with van der Waals surface area (Å²) in [5.41, 5.74) is 9.11. The lowest BCUT2D eigenvalue weighted by Crippen LogP contribution is -2.46. The number of aromatic amines is 1. The van der Waals surface area contributed by atoms with Gasteiger partial charge in [-0.3, -0.25) is 19.7 Å². The number of fused-ring (bicyclic) bond motifs is 2. The van der Waals surface area contributed by atoms with Gasteiger partial charge in [-0.05, 0) is 91.6 Å². The Balaban J connectivity index is 1.13. The van der Waals surface area contributed by atoms with Gasteiger partial charge in [0.1, 0.15) is 12.3 Å². The van der Waals surface area contributed by atoms with Gasteiger partial charge in [-0.1, -0.05) is 91.0 Å². The first kappa shape index (κ1) is 39.5. The Morgan fingerprint density at radius 1 is 0.733 bits per heavy atom. The Morgan fingerprint density at radius 3 is 1.75 bits per heavy atom. The lowest BCUT2D eigenvalue weighted by molar-refractivity contribution is -0.384. The zero-order chi connectivity index (χ0) is 42.1. The monoisotopic (exact) mass is 800 g/mol. The van der Waals surface area contributed by atoms with E-state index in [0.29, 0.717) is 37.2 Å². The van der Waals surface area contributed by atoms with E-state index in [4.69, 9.17) is 9.72 Å². The van der Waals surface area contributed by atoms with E-state index in [0.717, 1.165) is 66.4 Å². The number of aromatic nitrogens is 2. The summed E-state index contributed by atoms with van der Waals surface area (Å²) in [7, 11) is 0. The number of para-hydroxylation sites is 2. The van der Waals surface area contributed by atoms with Crippen molar-refractivity contribution in [1.29, 1.82) is 0 Å². The fraction of sp³-hybridized carbons (Fsp3) is 0.208. The molecule has 7 aromatic rings. The number of nitrogens with one attached hydrogen (secondary N) is 3. The summed E-state index contributed by atoms with van der Waals surface area (Å²) in [6, 6.07) is 34.5. The summed E-state index contributed by atoms with van der Waals surface area (Å²) in [5, 5.41) is 19.0. The third-order valence-corrected chi connectivity index (χ3v) is 11.7. The highest BCUT2D eigenvalue weighted by Gasteiger charge is 2.40. The van der Waals surface area contributed by atoms with E-state index in [1.165, 1.54) is 12.3 Å². The van der Waals surface area contributed by atoms with Crippen LogP contribution in [-0.4, -0.2) is 50.8 Å². The van der Waals surface area contributed by atoms with Gasteiger partial charge in [0.2, 0.25) is 0 Å². The zero-order valence-corrected chi connectivity index (χ0v) is 33.8. The molecule has 0 bridgehead atoms. The summed E-state index contributed by atoms with van der Waals surface area (Å²) in [6.07, 6.45) is 1.99. The summed E-state index contributed by atoms with van der Waals surface area (Å²) in [4.78, 5) is 60.9. The van der Waals surface area contributed by atoms with Gasteiger partial charge in [0.15, 0.2) is 0 Å². The molecule has 3 amide bonds. The molecule has 0 spiro atoms. The highest BCUT2D eigenvalue weighted by atomic mass is 16.6. The van der Waals surface area contributed by atoms with Crippen molar-refractivity contribution in [2.45, 2.75) is 52.6 Å². The van der Waals surface area contributed by atoms with E-state index in [2.05, 4.69) is 39.9 Å². The Hall–Kier alpha value is -7.34. The molecule has 8 rings (SSSR count). The van der Waals surface area contributed by atoms with Gasteiger partial charge in [0.05, 0.1) is 27.7 Å². The number of hydrogen-bond donors (Lipinski definition) is 3. The molecule has 5 aromatic carbocycles. The number of carbonyl (C=O) groups excluding carboxylic acids is 3. The fourth-order valence-corrected chi connectivity index (χ4v) is 8.56. The molecule has 12 heteroatoms. The van der Waals surface area contributed by atoms with Crippen LogP contribution >= 0.6 is 0 Å². The topological polar surface area (TPSA) is 160 Å². The van der Waals surface area contributed by atoms with Crippen LogP contribution in [-0.2, 0) is 16.8 Å². The van der Waals surface area contributed by atoms with E-state index >= 15 is 0 Å². The molecule has 1 aliphatic rings. The summed E-state index contributed by atoms with van der Waals surface area (Å²) < 4.78 is 5.73. The van der Waals surface area contributed by atoms with Crippen LogP contribution in [0, 0.1) is 37.8 Å². The first-order valence-corrected chi connectivity index (χ1v) is 19.8. The number of amides is 3. The van der Waals surface area contributed by atoms with Crippen molar-refractivity contribution < 1.29 is 24.0 Å². The van der Waals surface area contributed by atoms with Crippen molar-refractivity contribution in [3.63, 3.8) is 0 Å². The minimum atomic E-state index is -0.555. The van der Waals surface area contributed by atoms with Gasteiger partial charge in [0.25, 0.3) is 17.5 Å². The highest BCUT2D eigenvalue weighted by Crippen LogP contribution is 2.45. The number of pyridine rings is 1. The van der Waals surface area contributed by atoms with Gasteiger partial charge in [-0.15, -0.1) is 0 Å². The van der Waals surface area contributed by atoms with E-state index in [-0.39, 0.29) is 30.0 Å². The lowest BCUT2D eigenvalue weighted by atomic mass is 9.67. The fourth-order valence-electron chi connectivity index (χ4n) is 8.56. The quantitative estimate of drug-likeness (QED) is 0.0744. The third-order valence-electron chi connectivity index (χ3n) is 11.7. The Kier molecular flexibility index (Phi) is 10.6. The molecule has 12 nitrogen and oxygen atoms in total. The van der Waals surface area contributed by atoms with E-state index in [1.54, 1.807) is 4.90 Å². The second-order valence-electron chi connectivity index (χ2n) is 15.5. The van der Waals surface area contributed by atoms with Gasteiger partial charge < -0.3 is 25.3 Å². The summed E-state index contributed by atoms with van der Waals surface area (Å²) >= 11 is 0. The summed E-state index contributed by atoms with van der Waals surface area (Å²) in [6.45, 7) is 8.91. The lowest BCUT2D eigenvalue weighted by Gasteiger charge is -2.43. The number of benzene rings is 5. The number of carbonyl (C=O) groups is 3. The van der Waals surface area contributed by atoms with Crippen molar-refractivity contribution in [2.24, 2.45) is 0 Å². The third kappa shape index (κ3) is 7.55. The number of piperidine rings is 1. The highest BCUT2D eigenvalue weighted by molar-refractivity contribution is 6.20. The molecule has 0 atom stereocenters. The van der Waals surface area contributed by atoms with Crippen LogP contribution < -0.4 is 10.6 Å². The SMILES string of the molecule is Cc1cc(C2(c3cc(C)c(NC(=O)c4c5ccccc5nc5ccccc45)c(C)c3)CCN(C(=O)OCc3ccccc3)CC2)cc(C)c1NC(=O)c1cc([N+](=O)[O-])c[nH]1. The van der Waals surface area contributed by atoms with Gasteiger partial charge in [-0.25, -0.2) is 9.78 Å². The molecule has 1 fully saturated rings.